The van der Waals surface area contributed by atoms with E-state index in [0.717, 1.165) is 77.8 Å². The zero-order valence-electron chi connectivity index (χ0n) is 26.6. The summed E-state index contributed by atoms with van der Waals surface area (Å²) < 4.78 is 106. The predicted octanol–water partition coefficient (Wildman–Crippen LogP) is 3.45. The van der Waals surface area contributed by atoms with Crippen LogP contribution in [-0.2, 0) is 28.7 Å². The summed E-state index contributed by atoms with van der Waals surface area (Å²) in [6.45, 7) is 11.5. The van der Waals surface area contributed by atoms with E-state index < -0.39 is 36.4 Å². The highest BCUT2D eigenvalue weighted by Gasteiger charge is 2.54. The Labute approximate surface area is 270 Å². The molecular formula is C27H42F9N3O9. The molecule has 3 saturated heterocycles. The van der Waals surface area contributed by atoms with E-state index in [9.17, 15) is 44.3 Å². The minimum Gasteiger partial charge on any atom is -0.475 e. The molecule has 0 aromatic heterocycles. The molecule has 3 aliphatic heterocycles. The van der Waals surface area contributed by atoms with Gasteiger partial charge in [-0.15, -0.1) is 0 Å². The number of aliphatic carboxylic acids is 3. The van der Waals surface area contributed by atoms with Gasteiger partial charge in [-0.1, -0.05) is 0 Å². The smallest absolute Gasteiger partial charge is 0.475 e. The minimum absolute atomic E-state index is 0.0512. The van der Waals surface area contributed by atoms with Gasteiger partial charge in [0.1, 0.15) is 0 Å². The van der Waals surface area contributed by atoms with E-state index >= 15 is 0 Å². The Morgan fingerprint density at radius 1 is 0.833 bits per heavy atom. The maximum Gasteiger partial charge on any atom is 0.490 e. The fourth-order valence-electron chi connectivity index (χ4n) is 5.20. The Morgan fingerprint density at radius 3 is 1.67 bits per heavy atom. The third-order valence-electron chi connectivity index (χ3n) is 7.47. The van der Waals surface area contributed by atoms with Gasteiger partial charge in [0.25, 0.3) is 0 Å². The van der Waals surface area contributed by atoms with E-state index in [2.05, 4.69) is 28.8 Å². The number of likely N-dealkylation sites (tertiary alicyclic amines) is 2. The molecule has 3 N–H and O–H groups in total. The maximum atomic E-state index is 13.0. The van der Waals surface area contributed by atoms with Crippen molar-refractivity contribution in [2.24, 2.45) is 17.3 Å². The molecule has 3 aliphatic rings. The number of likely N-dealkylation sites (N-methyl/N-ethyl adjacent to an activating group) is 1. The van der Waals surface area contributed by atoms with Gasteiger partial charge in [0.15, 0.2) is 0 Å². The van der Waals surface area contributed by atoms with E-state index in [1.54, 1.807) is 0 Å². The molecule has 0 radical (unpaired) electrons. The lowest BCUT2D eigenvalue weighted by molar-refractivity contribution is -0.193. The Balaban J connectivity index is 0.000000855. The SMILES string of the molecule is CCOC(=O)[C@]12CCCN(CC3CCOCC3)C[C@H]1CN(CCN(C)C)C2.O=C(O)C(F)(F)F.O=C(O)C(F)(F)F.O=C(O)C(F)(F)F. The average molecular weight is 724 g/mol. The van der Waals surface area contributed by atoms with Crippen LogP contribution in [0.15, 0.2) is 0 Å². The zero-order valence-corrected chi connectivity index (χ0v) is 26.6. The third-order valence-corrected chi connectivity index (χ3v) is 7.47. The molecule has 0 aromatic carbocycles. The van der Waals surface area contributed by atoms with Crippen LogP contribution in [0.25, 0.3) is 0 Å². The van der Waals surface area contributed by atoms with Crippen LogP contribution in [-0.4, -0.2) is 152 Å². The topological polar surface area (TPSA) is 157 Å². The number of hydrogen-bond donors (Lipinski definition) is 3. The minimum atomic E-state index is -5.08. The number of rotatable bonds is 7. The van der Waals surface area contributed by atoms with Crippen LogP contribution in [0.4, 0.5) is 39.5 Å². The standard InChI is InChI=1S/C21H39N3O3.3C2HF3O2/c1-4-27-20(25)21-8-5-9-23(14-18-6-12-26-13-7-18)15-19(21)16-24(17-21)11-10-22(2)3;3*3-2(4,5)1(6)7/h18-19H,4-17H2,1-3H3;3*(H,6,7)/t19-,21-;;;/m0.../s1. The molecule has 282 valence electrons. The quantitative estimate of drug-likeness (QED) is 0.260. The number of carbonyl (C=O) groups is 4. The largest absolute Gasteiger partial charge is 0.490 e. The first-order chi connectivity index (χ1) is 21.9. The highest BCUT2D eigenvalue weighted by molar-refractivity contribution is 5.78. The zero-order chi connectivity index (χ0) is 37.5. The Kier molecular flexibility index (Phi) is 18.7. The first kappa shape index (κ1) is 45.1. The van der Waals surface area contributed by atoms with Crippen molar-refractivity contribution in [3.05, 3.63) is 0 Å². The summed E-state index contributed by atoms with van der Waals surface area (Å²) in [6.07, 6.45) is -10.8. The van der Waals surface area contributed by atoms with Crippen LogP contribution < -0.4 is 0 Å². The van der Waals surface area contributed by atoms with Crippen molar-refractivity contribution in [3.63, 3.8) is 0 Å². The Hall–Kier alpha value is -2.91. The fourth-order valence-corrected chi connectivity index (χ4v) is 5.20. The number of esters is 1. The Bertz CT molecular complexity index is 964. The first-order valence-electron chi connectivity index (χ1n) is 14.6. The van der Waals surface area contributed by atoms with Crippen molar-refractivity contribution in [2.75, 3.05) is 79.7 Å². The van der Waals surface area contributed by atoms with Crippen LogP contribution in [0.5, 0.6) is 0 Å². The van der Waals surface area contributed by atoms with Gasteiger partial charge >= 0.3 is 42.4 Å². The molecule has 0 saturated carbocycles. The lowest BCUT2D eigenvalue weighted by Crippen LogP contribution is -2.43. The van der Waals surface area contributed by atoms with Crippen LogP contribution in [0.3, 0.4) is 0 Å². The molecule has 3 rings (SSSR count). The van der Waals surface area contributed by atoms with Gasteiger partial charge in [-0.25, -0.2) is 14.4 Å². The predicted molar refractivity (Wildman–Crippen MR) is 148 cm³/mol. The summed E-state index contributed by atoms with van der Waals surface area (Å²) in [5.41, 5.74) is -0.299. The summed E-state index contributed by atoms with van der Waals surface area (Å²) >= 11 is 0. The number of fused-ring (bicyclic) bond motifs is 1. The fraction of sp³-hybridized carbons (Fsp3) is 0.852. The van der Waals surface area contributed by atoms with E-state index in [1.807, 2.05) is 6.92 Å². The molecule has 0 amide bonds. The molecule has 0 aliphatic carbocycles. The summed E-state index contributed by atoms with van der Waals surface area (Å²) in [5, 5.41) is 21.4. The highest BCUT2D eigenvalue weighted by atomic mass is 19.4. The lowest BCUT2D eigenvalue weighted by atomic mass is 9.75. The van der Waals surface area contributed by atoms with Crippen molar-refractivity contribution < 1.29 is 83.5 Å². The molecule has 0 aromatic rings. The van der Waals surface area contributed by atoms with Gasteiger partial charge in [-0.2, -0.15) is 39.5 Å². The molecule has 0 unspecified atom stereocenters. The second kappa shape index (κ2) is 19.9. The van der Waals surface area contributed by atoms with Crippen LogP contribution >= 0.6 is 0 Å². The van der Waals surface area contributed by atoms with Crippen molar-refractivity contribution in [3.8, 4) is 0 Å². The summed E-state index contributed by atoms with van der Waals surface area (Å²) in [7, 11) is 4.23. The van der Waals surface area contributed by atoms with E-state index in [-0.39, 0.29) is 11.4 Å². The molecule has 48 heavy (non-hydrogen) atoms. The normalized spacial score (nSPS) is 22.4. The van der Waals surface area contributed by atoms with E-state index in [0.29, 0.717) is 12.5 Å². The average Bonchev–Trinajstić information content (AvgIpc) is 3.20. The van der Waals surface area contributed by atoms with Crippen molar-refractivity contribution in [2.45, 2.75) is 51.1 Å². The molecule has 3 heterocycles. The van der Waals surface area contributed by atoms with Gasteiger partial charge in [0, 0.05) is 58.4 Å². The van der Waals surface area contributed by atoms with Gasteiger partial charge in [-0.05, 0) is 59.2 Å². The number of hydrogen-bond acceptors (Lipinski definition) is 9. The molecular weight excluding hydrogens is 681 g/mol. The lowest BCUT2D eigenvalue weighted by Gasteiger charge is -2.33. The number of ether oxygens (including phenoxy) is 2. The molecule has 12 nitrogen and oxygen atoms in total. The van der Waals surface area contributed by atoms with Gasteiger partial charge < -0.3 is 39.5 Å². The second-order valence-electron chi connectivity index (χ2n) is 11.4. The number of nitrogens with zero attached hydrogens (tertiary/aromatic N) is 3. The molecule has 2 atom stereocenters. The summed E-state index contributed by atoms with van der Waals surface area (Å²) in [6, 6.07) is 0. The first-order valence-corrected chi connectivity index (χ1v) is 14.6. The van der Waals surface area contributed by atoms with Crippen molar-refractivity contribution in [1.82, 2.24) is 14.7 Å². The molecule has 0 bridgehead atoms. The highest BCUT2D eigenvalue weighted by Crippen LogP contribution is 2.44. The van der Waals surface area contributed by atoms with E-state index in [1.165, 1.54) is 12.8 Å². The van der Waals surface area contributed by atoms with Gasteiger partial charge in [0.05, 0.1) is 12.0 Å². The van der Waals surface area contributed by atoms with Crippen LogP contribution in [0.2, 0.25) is 0 Å². The van der Waals surface area contributed by atoms with Crippen molar-refractivity contribution in [1.29, 1.82) is 0 Å². The number of halogens is 9. The Morgan fingerprint density at radius 2 is 1.27 bits per heavy atom. The van der Waals surface area contributed by atoms with Gasteiger partial charge in [-0.3, -0.25) is 4.79 Å². The number of carboxylic acid groups (broad SMARTS) is 3. The summed E-state index contributed by atoms with van der Waals surface area (Å²) in [4.78, 5) is 47.1. The van der Waals surface area contributed by atoms with Crippen LogP contribution in [0, 0.1) is 17.3 Å². The molecule has 0 spiro atoms. The van der Waals surface area contributed by atoms with Crippen molar-refractivity contribution >= 4 is 23.9 Å². The summed E-state index contributed by atoms with van der Waals surface area (Å²) in [5.74, 6) is -7.08. The molecule has 3 fully saturated rings. The number of carboxylic acids is 3. The van der Waals surface area contributed by atoms with Crippen LogP contribution in [0.1, 0.15) is 32.6 Å². The maximum absolute atomic E-state index is 13.0. The van der Waals surface area contributed by atoms with Gasteiger partial charge in [0.2, 0.25) is 0 Å². The van der Waals surface area contributed by atoms with E-state index in [4.69, 9.17) is 39.2 Å². The molecule has 21 heteroatoms. The monoisotopic (exact) mass is 723 g/mol. The second-order valence-corrected chi connectivity index (χ2v) is 11.4. The number of alkyl halides is 9. The number of carbonyl (C=O) groups excluding carboxylic acids is 1. The third kappa shape index (κ3) is 17.0.